The highest BCUT2D eigenvalue weighted by Gasteiger charge is 2.37. The van der Waals surface area contributed by atoms with Crippen LogP contribution in [0.4, 0.5) is 0 Å². The Morgan fingerprint density at radius 3 is 2.36 bits per heavy atom. The van der Waals surface area contributed by atoms with Crippen molar-refractivity contribution < 1.29 is 13.5 Å². The van der Waals surface area contributed by atoms with Crippen molar-refractivity contribution in [1.82, 2.24) is 4.31 Å². The number of piperidine rings is 1. The molecule has 82 valence electrons. The van der Waals surface area contributed by atoms with Gasteiger partial charge in [0.05, 0.1) is 11.4 Å². The number of rotatable bonds is 2. The van der Waals surface area contributed by atoms with Gasteiger partial charge in [-0.25, -0.2) is 8.42 Å². The predicted octanol–water partition coefficient (Wildman–Crippen LogP) is 0.325. The number of nitrogens with zero attached hydrogens (tertiary/aromatic N) is 1. The molecular weight excluding hydrogens is 202 g/mol. The minimum absolute atomic E-state index is 0.159. The Kier molecular flexibility index (Phi) is 2.81. The fourth-order valence-electron chi connectivity index (χ4n) is 2.03. The second-order valence-electron chi connectivity index (χ2n) is 4.25. The van der Waals surface area contributed by atoms with Crippen molar-refractivity contribution in [2.45, 2.75) is 43.5 Å². The molecular formula is C9H17NO3S. The monoisotopic (exact) mass is 219 g/mol. The van der Waals surface area contributed by atoms with E-state index in [0.717, 1.165) is 32.1 Å². The van der Waals surface area contributed by atoms with Gasteiger partial charge in [0.15, 0.2) is 0 Å². The number of sulfonamides is 1. The predicted molar refractivity (Wildman–Crippen MR) is 53.4 cm³/mol. The molecule has 1 N–H and O–H groups in total. The molecule has 1 saturated carbocycles. The molecule has 4 nitrogen and oxygen atoms in total. The van der Waals surface area contributed by atoms with Gasteiger partial charge in [-0.2, -0.15) is 4.31 Å². The first-order chi connectivity index (χ1) is 6.60. The van der Waals surface area contributed by atoms with Crippen LogP contribution >= 0.6 is 0 Å². The molecule has 1 aliphatic heterocycles. The van der Waals surface area contributed by atoms with Gasteiger partial charge >= 0.3 is 0 Å². The van der Waals surface area contributed by atoms with Gasteiger partial charge in [-0.15, -0.1) is 0 Å². The maximum absolute atomic E-state index is 11.9. The molecule has 1 atom stereocenters. The van der Waals surface area contributed by atoms with Crippen LogP contribution in [0.15, 0.2) is 0 Å². The van der Waals surface area contributed by atoms with Crippen LogP contribution in [0.5, 0.6) is 0 Å². The van der Waals surface area contributed by atoms with Crippen LogP contribution in [0.3, 0.4) is 0 Å². The van der Waals surface area contributed by atoms with E-state index in [4.69, 9.17) is 0 Å². The molecule has 2 aliphatic rings. The average Bonchev–Trinajstić information content (AvgIpc) is 2.00. The molecule has 1 heterocycles. The van der Waals surface area contributed by atoms with Crippen LogP contribution in [0.1, 0.15) is 32.1 Å². The fraction of sp³-hybridized carbons (Fsp3) is 1.00. The normalized spacial score (nSPS) is 31.4. The lowest BCUT2D eigenvalue weighted by Crippen LogP contribution is -2.47. The highest BCUT2D eigenvalue weighted by Crippen LogP contribution is 2.29. The summed E-state index contributed by atoms with van der Waals surface area (Å²) in [6, 6.07) is 0. The quantitative estimate of drug-likeness (QED) is 0.728. The first kappa shape index (κ1) is 10.4. The maximum atomic E-state index is 11.9. The van der Waals surface area contributed by atoms with Crippen molar-refractivity contribution in [3.05, 3.63) is 0 Å². The highest BCUT2D eigenvalue weighted by atomic mass is 32.2. The zero-order valence-corrected chi connectivity index (χ0v) is 9.04. The Morgan fingerprint density at radius 1 is 1.14 bits per heavy atom. The SMILES string of the molecule is O=S(=O)(C1CCC1)N1CCCC(O)C1. The molecule has 0 spiro atoms. The summed E-state index contributed by atoms with van der Waals surface area (Å²) < 4.78 is 25.3. The molecule has 0 aromatic rings. The third kappa shape index (κ3) is 1.81. The zero-order chi connectivity index (χ0) is 10.2. The van der Waals surface area contributed by atoms with E-state index in [1.165, 1.54) is 4.31 Å². The number of aliphatic hydroxyl groups excluding tert-OH is 1. The summed E-state index contributed by atoms with van der Waals surface area (Å²) in [5.74, 6) is 0. The van der Waals surface area contributed by atoms with E-state index in [9.17, 15) is 13.5 Å². The number of hydrogen-bond donors (Lipinski definition) is 1. The smallest absolute Gasteiger partial charge is 0.217 e. The Balaban J connectivity index is 2.05. The molecule has 1 saturated heterocycles. The van der Waals surface area contributed by atoms with E-state index in [1.807, 2.05) is 0 Å². The van der Waals surface area contributed by atoms with E-state index in [1.54, 1.807) is 0 Å². The topological polar surface area (TPSA) is 57.6 Å². The molecule has 14 heavy (non-hydrogen) atoms. The molecule has 2 rings (SSSR count). The molecule has 0 radical (unpaired) electrons. The molecule has 0 aromatic carbocycles. The average molecular weight is 219 g/mol. The lowest BCUT2D eigenvalue weighted by Gasteiger charge is -2.35. The minimum Gasteiger partial charge on any atom is -0.392 e. The van der Waals surface area contributed by atoms with Crippen LogP contribution < -0.4 is 0 Å². The summed E-state index contributed by atoms with van der Waals surface area (Å²) in [5.41, 5.74) is 0. The van der Waals surface area contributed by atoms with E-state index >= 15 is 0 Å². The third-order valence-electron chi connectivity index (χ3n) is 3.19. The van der Waals surface area contributed by atoms with Crippen molar-refractivity contribution in [3.8, 4) is 0 Å². The van der Waals surface area contributed by atoms with Crippen LogP contribution in [0.2, 0.25) is 0 Å². The fourth-order valence-corrected chi connectivity index (χ4v) is 4.15. The summed E-state index contributed by atoms with van der Waals surface area (Å²) >= 11 is 0. The molecule has 2 fully saturated rings. The van der Waals surface area contributed by atoms with E-state index in [-0.39, 0.29) is 5.25 Å². The lowest BCUT2D eigenvalue weighted by atomic mass is 10.0. The second kappa shape index (κ2) is 3.79. The Hall–Kier alpha value is -0.130. The summed E-state index contributed by atoms with van der Waals surface area (Å²) in [4.78, 5) is 0. The Morgan fingerprint density at radius 2 is 1.86 bits per heavy atom. The Bertz CT molecular complexity index is 297. The lowest BCUT2D eigenvalue weighted by molar-refractivity contribution is 0.107. The Labute approximate surface area is 85.0 Å². The summed E-state index contributed by atoms with van der Waals surface area (Å²) in [7, 11) is -3.08. The van der Waals surface area contributed by atoms with Gasteiger partial charge in [0.25, 0.3) is 0 Å². The van der Waals surface area contributed by atoms with Gasteiger partial charge in [0, 0.05) is 13.1 Å². The number of hydrogen-bond acceptors (Lipinski definition) is 3. The van der Waals surface area contributed by atoms with Gasteiger partial charge in [0.2, 0.25) is 10.0 Å². The minimum atomic E-state index is -3.08. The second-order valence-corrected chi connectivity index (χ2v) is 6.46. The summed E-state index contributed by atoms with van der Waals surface area (Å²) in [6.45, 7) is 0.898. The van der Waals surface area contributed by atoms with Crippen molar-refractivity contribution in [2.24, 2.45) is 0 Å². The molecule has 5 heteroatoms. The van der Waals surface area contributed by atoms with Crippen LogP contribution in [0.25, 0.3) is 0 Å². The van der Waals surface area contributed by atoms with E-state index in [0.29, 0.717) is 13.1 Å². The van der Waals surface area contributed by atoms with Gasteiger partial charge in [-0.05, 0) is 25.7 Å². The van der Waals surface area contributed by atoms with Crippen LogP contribution in [-0.4, -0.2) is 42.3 Å². The van der Waals surface area contributed by atoms with Crippen LogP contribution in [-0.2, 0) is 10.0 Å². The highest BCUT2D eigenvalue weighted by molar-refractivity contribution is 7.89. The van der Waals surface area contributed by atoms with Crippen molar-refractivity contribution in [3.63, 3.8) is 0 Å². The van der Waals surface area contributed by atoms with Crippen molar-refractivity contribution >= 4 is 10.0 Å². The third-order valence-corrected chi connectivity index (χ3v) is 5.56. The van der Waals surface area contributed by atoms with Gasteiger partial charge in [0.1, 0.15) is 0 Å². The summed E-state index contributed by atoms with van der Waals surface area (Å²) in [5, 5.41) is 9.25. The summed E-state index contributed by atoms with van der Waals surface area (Å²) in [6.07, 6.45) is 3.69. The zero-order valence-electron chi connectivity index (χ0n) is 8.22. The number of β-amino-alcohol motifs (C(OH)–C–C–N with tert-alkyl or cyclic N) is 1. The van der Waals surface area contributed by atoms with E-state index < -0.39 is 16.1 Å². The van der Waals surface area contributed by atoms with Gasteiger partial charge in [-0.1, -0.05) is 6.42 Å². The molecule has 1 aliphatic carbocycles. The molecule has 1 unspecified atom stereocenters. The number of aliphatic hydroxyl groups is 1. The molecule has 0 amide bonds. The van der Waals surface area contributed by atoms with Crippen molar-refractivity contribution in [1.29, 1.82) is 0 Å². The van der Waals surface area contributed by atoms with Crippen LogP contribution in [0, 0.1) is 0 Å². The molecule has 0 aromatic heterocycles. The van der Waals surface area contributed by atoms with Gasteiger partial charge in [-0.3, -0.25) is 0 Å². The van der Waals surface area contributed by atoms with Gasteiger partial charge < -0.3 is 5.11 Å². The first-order valence-electron chi connectivity index (χ1n) is 5.28. The largest absolute Gasteiger partial charge is 0.392 e. The van der Waals surface area contributed by atoms with E-state index in [2.05, 4.69) is 0 Å². The molecule has 0 bridgehead atoms. The standard InChI is InChI=1S/C9H17NO3S/c11-8-3-2-6-10(7-8)14(12,13)9-4-1-5-9/h8-9,11H,1-7H2. The first-order valence-corrected chi connectivity index (χ1v) is 6.78. The maximum Gasteiger partial charge on any atom is 0.217 e. The van der Waals surface area contributed by atoms with Crippen molar-refractivity contribution in [2.75, 3.05) is 13.1 Å².